The van der Waals surface area contributed by atoms with Gasteiger partial charge in [0.05, 0.1) is 39.4 Å². The SMILES string of the molecule is COc1cccc2c(C(=O)NC(Cc3ccccc3)C(=O)NCCC#N)nn(CCN3CCOCC3)c12. The van der Waals surface area contributed by atoms with Crippen LogP contribution in [0.3, 0.4) is 0 Å². The predicted octanol–water partition coefficient (Wildman–Crippen LogP) is 1.75. The number of nitrogens with one attached hydrogen (secondary N) is 2. The second kappa shape index (κ2) is 12.9. The molecule has 0 aliphatic carbocycles. The molecule has 3 aromatic rings. The zero-order valence-electron chi connectivity index (χ0n) is 21.0. The molecule has 37 heavy (non-hydrogen) atoms. The maximum Gasteiger partial charge on any atom is 0.273 e. The summed E-state index contributed by atoms with van der Waals surface area (Å²) in [6.07, 6.45) is 0.500. The topological polar surface area (TPSA) is 122 Å². The van der Waals surface area contributed by atoms with Crippen molar-refractivity contribution in [3.63, 3.8) is 0 Å². The lowest BCUT2D eigenvalue weighted by Crippen LogP contribution is -2.48. The summed E-state index contributed by atoms with van der Waals surface area (Å²) in [6, 6.07) is 16.2. The number of aromatic nitrogens is 2. The lowest BCUT2D eigenvalue weighted by atomic mass is 10.0. The summed E-state index contributed by atoms with van der Waals surface area (Å²) >= 11 is 0. The Morgan fingerprint density at radius 3 is 2.65 bits per heavy atom. The van der Waals surface area contributed by atoms with Gasteiger partial charge in [-0.3, -0.25) is 19.2 Å². The monoisotopic (exact) mass is 504 g/mol. The number of methoxy groups -OCH3 is 1. The fourth-order valence-electron chi connectivity index (χ4n) is 4.41. The molecule has 1 fully saturated rings. The first kappa shape index (κ1) is 26.1. The summed E-state index contributed by atoms with van der Waals surface area (Å²) in [6.45, 7) is 4.67. The van der Waals surface area contributed by atoms with Crippen molar-refractivity contribution in [2.24, 2.45) is 0 Å². The minimum absolute atomic E-state index is 0.190. The van der Waals surface area contributed by atoms with Crippen molar-refractivity contribution >= 4 is 22.7 Å². The lowest BCUT2D eigenvalue weighted by molar-refractivity contribution is -0.122. The fraction of sp³-hybridized carbons (Fsp3) is 0.407. The Bertz CT molecular complexity index is 1250. The molecule has 1 aliphatic heterocycles. The van der Waals surface area contributed by atoms with E-state index in [1.54, 1.807) is 11.8 Å². The third-order valence-corrected chi connectivity index (χ3v) is 6.34. The average Bonchev–Trinajstić information content (AvgIpc) is 3.32. The number of nitriles is 1. The minimum Gasteiger partial charge on any atom is -0.494 e. The van der Waals surface area contributed by atoms with E-state index < -0.39 is 11.9 Å². The molecule has 0 saturated carbocycles. The number of morpholine rings is 1. The Balaban J connectivity index is 1.58. The highest BCUT2D eigenvalue weighted by atomic mass is 16.5. The highest BCUT2D eigenvalue weighted by Crippen LogP contribution is 2.28. The zero-order chi connectivity index (χ0) is 26.0. The van der Waals surface area contributed by atoms with E-state index in [0.29, 0.717) is 37.3 Å². The number of ether oxygens (including phenoxy) is 2. The number of rotatable bonds is 11. The fourth-order valence-corrected chi connectivity index (χ4v) is 4.41. The van der Waals surface area contributed by atoms with Crippen molar-refractivity contribution < 1.29 is 19.1 Å². The summed E-state index contributed by atoms with van der Waals surface area (Å²) in [5, 5.41) is 19.8. The van der Waals surface area contributed by atoms with Crippen molar-refractivity contribution in [3.8, 4) is 11.8 Å². The number of hydrogen-bond donors (Lipinski definition) is 2. The molecule has 2 aromatic carbocycles. The Morgan fingerprint density at radius 1 is 1.14 bits per heavy atom. The summed E-state index contributed by atoms with van der Waals surface area (Å²) in [4.78, 5) is 28.8. The number of carbonyl (C=O) groups excluding carboxylic acids is 2. The molecule has 0 radical (unpaired) electrons. The van der Waals surface area contributed by atoms with Crippen LogP contribution in [0.5, 0.6) is 5.75 Å². The van der Waals surface area contributed by atoms with Gasteiger partial charge in [-0.15, -0.1) is 0 Å². The smallest absolute Gasteiger partial charge is 0.273 e. The average molecular weight is 505 g/mol. The molecule has 4 rings (SSSR count). The van der Waals surface area contributed by atoms with Crippen LogP contribution in [0.4, 0.5) is 0 Å². The molecular formula is C27H32N6O4. The molecule has 10 nitrogen and oxygen atoms in total. The van der Waals surface area contributed by atoms with Crippen LogP contribution in [0.15, 0.2) is 48.5 Å². The van der Waals surface area contributed by atoms with Gasteiger partial charge in [-0.25, -0.2) is 0 Å². The molecule has 0 spiro atoms. The molecule has 1 unspecified atom stereocenters. The van der Waals surface area contributed by atoms with Gasteiger partial charge in [0.1, 0.15) is 17.3 Å². The van der Waals surface area contributed by atoms with E-state index >= 15 is 0 Å². The third-order valence-electron chi connectivity index (χ3n) is 6.34. The molecule has 1 aliphatic rings. The van der Waals surface area contributed by atoms with Crippen molar-refractivity contribution in [1.29, 1.82) is 5.26 Å². The molecule has 2 heterocycles. The molecule has 0 bridgehead atoms. The quantitative estimate of drug-likeness (QED) is 0.382. The van der Waals surface area contributed by atoms with Gasteiger partial charge in [0.15, 0.2) is 5.69 Å². The van der Waals surface area contributed by atoms with Gasteiger partial charge in [0.2, 0.25) is 5.91 Å². The molecule has 10 heteroatoms. The van der Waals surface area contributed by atoms with Crippen LogP contribution in [0.25, 0.3) is 10.9 Å². The first-order chi connectivity index (χ1) is 18.1. The highest BCUT2D eigenvalue weighted by Gasteiger charge is 2.26. The Labute approximate surface area is 216 Å². The van der Waals surface area contributed by atoms with E-state index in [9.17, 15) is 9.59 Å². The number of fused-ring (bicyclic) bond motifs is 1. The molecule has 1 aromatic heterocycles. The summed E-state index contributed by atoms with van der Waals surface area (Å²) in [5.74, 6) is -0.165. The van der Waals surface area contributed by atoms with Gasteiger partial charge in [-0.05, 0) is 11.6 Å². The molecular weight excluding hydrogens is 472 g/mol. The Kier molecular flexibility index (Phi) is 9.08. The number of para-hydroxylation sites is 1. The van der Waals surface area contributed by atoms with Gasteiger partial charge in [-0.2, -0.15) is 10.4 Å². The maximum absolute atomic E-state index is 13.5. The van der Waals surface area contributed by atoms with Crippen molar-refractivity contribution in [1.82, 2.24) is 25.3 Å². The van der Waals surface area contributed by atoms with Crippen LogP contribution in [-0.2, 0) is 22.5 Å². The van der Waals surface area contributed by atoms with Gasteiger partial charge >= 0.3 is 0 Å². The van der Waals surface area contributed by atoms with E-state index in [1.807, 2.05) is 54.6 Å². The number of nitrogens with zero attached hydrogens (tertiary/aromatic N) is 4. The number of amides is 2. The van der Waals surface area contributed by atoms with Gasteiger partial charge < -0.3 is 20.1 Å². The zero-order valence-corrected chi connectivity index (χ0v) is 21.0. The summed E-state index contributed by atoms with van der Waals surface area (Å²) in [5.41, 5.74) is 1.88. The number of hydrogen-bond acceptors (Lipinski definition) is 7. The van der Waals surface area contributed by atoms with Gasteiger partial charge in [0, 0.05) is 38.0 Å². The second-order valence-electron chi connectivity index (χ2n) is 8.80. The van der Waals surface area contributed by atoms with Crippen molar-refractivity contribution in [3.05, 3.63) is 59.8 Å². The summed E-state index contributed by atoms with van der Waals surface area (Å²) in [7, 11) is 1.59. The molecule has 1 atom stereocenters. The normalized spacial score (nSPS) is 14.6. The second-order valence-corrected chi connectivity index (χ2v) is 8.80. The van der Waals surface area contributed by atoms with Crippen LogP contribution in [-0.4, -0.2) is 79.0 Å². The van der Waals surface area contributed by atoms with Crippen LogP contribution < -0.4 is 15.4 Å². The maximum atomic E-state index is 13.5. The third kappa shape index (κ3) is 6.64. The first-order valence-electron chi connectivity index (χ1n) is 12.4. The van der Waals surface area contributed by atoms with Gasteiger partial charge in [0.25, 0.3) is 5.91 Å². The molecule has 194 valence electrons. The van der Waals surface area contributed by atoms with Gasteiger partial charge in [-0.1, -0.05) is 42.5 Å². The summed E-state index contributed by atoms with van der Waals surface area (Å²) < 4.78 is 12.8. The van der Waals surface area contributed by atoms with E-state index in [4.69, 9.17) is 14.7 Å². The number of carbonyl (C=O) groups is 2. The van der Waals surface area contributed by atoms with E-state index in [2.05, 4.69) is 20.6 Å². The first-order valence-corrected chi connectivity index (χ1v) is 12.4. The molecule has 2 amide bonds. The largest absolute Gasteiger partial charge is 0.494 e. The van der Waals surface area contributed by atoms with E-state index in [1.165, 1.54) is 0 Å². The standard InChI is InChI=1S/C27H32N6O4/c1-36-23-10-5-9-21-24(31-33(25(21)23)14-13-32-15-17-37-18-16-32)27(35)30-22(26(34)29-12-6-11-28)19-20-7-3-2-4-8-20/h2-5,7-10,22H,6,12-19H2,1H3,(H,29,34)(H,30,35). The van der Waals surface area contributed by atoms with E-state index in [0.717, 1.165) is 30.7 Å². The van der Waals surface area contributed by atoms with Crippen molar-refractivity contribution in [2.75, 3.05) is 46.5 Å². The van der Waals surface area contributed by atoms with Crippen LogP contribution in [0.1, 0.15) is 22.5 Å². The van der Waals surface area contributed by atoms with Crippen LogP contribution >= 0.6 is 0 Å². The Morgan fingerprint density at radius 2 is 1.92 bits per heavy atom. The Hall–Kier alpha value is -3.94. The minimum atomic E-state index is -0.826. The van der Waals surface area contributed by atoms with Crippen molar-refractivity contribution in [2.45, 2.75) is 25.4 Å². The molecule has 1 saturated heterocycles. The number of benzene rings is 2. The molecule has 2 N–H and O–H groups in total. The van der Waals surface area contributed by atoms with E-state index in [-0.39, 0.29) is 24.6 Å². The van der Waals surface area contributed by atoms with Crippen LogP contribution in [0.2, 0.25) is 0 Å². The van der Waals surface area contributed by atoms with Crippen LogP contribution in [0, 0.1) is 11.3 Å². The lowest BCUT2D eigenvalue weighted by Gasteiger charge is -2.26. The highest BCUT2D eigenvalue weighted by molar-refractivity contribution is 6.07. The predicted molar refractivity (Wildman–Crippen MR) is 138 cm³/mol.